The number of para-hydroxylation sites is 1. The van der Waals surface area contributed by atoms with Gasteiger partial charge in [-0.05, 0) is 31.9 Å². The lowest BCUT2D eigenvalue weighted by atomic mass is 9.96. The average molecular weight is 322 g/mol. The molecule has 1 fully saturated rings. The normalized spacial score (nSPS) is 15.5. The number of nitrogens with one attached hydrogen (secondary N) is 3. The van der Waals surface area contributed by atoms with Gasteiger partial charge in [0.15, 0.2) is 5.82 Å². The Morgan fingerprint density at radius 3 is 2.71 bits per heavy atom. The lowest BCUT2D eigenvalue weighted by molar-refractivity contribution is 0.461. The van der Waals surface area contributed by atoms with Gasteiger partial charge in [-0.1, -0.05) is 31.4 Å². The summed E-state index contributed by atoms with van der Waals surface area (Å²) >= 11 is 0. The number of hydrogen-bond donors (Lipinski definition) is 3. The van der Waals surface area contributed by atoms with Crippen LogP contribution in [0.25, 0.3) is 10.9 Å². The van der Waals surface area contributed by atoms with Gasteiger partial charge in [0.1, 0.15) is 5.82 Å². The van der Waals surface area contributed by atoms with E-state index in [9.17, 15) is 0 Å². The fourth-order valence-corrected chi connectivity index (χ4v) is 3.27. The molecule has 0 saturated heterocycles. The van der Waals surface area contributed by atoms with Gasteiger partial charge in [0.2, 0.25) is 5.95 Å². The van der Waals surface area contributed by atoms with E-state index in [2.05, 4.69) is 25.8 Å². The number of H-pyrrole nitrogens is 1. The molecule has 1 aliphatic rings. The molecule has 2 aromatic heterocycles. The number of aromatic nitrogens is 4. The molecule has 3 N–H and O–H groups in total. The Bertz CT molecular complexity index is 834. The van der Waals surface area contributed by atoms with E-state index in [0.29, 0.717) is 12.0 Å². The fraction of sp³-hybridized carbons (Fsp3) is 0.389. The lowest BCUT2D eigenvalue weighted by Crippen LogP contribution is -2.23. The van der Waals surface area contributed by atoms with Gasteiger partial charge in [-0.25, -0.2) is 4.98 Å². The van der Waals surface area contributed by atoms with Crippen LogP contribution in [0.1, 0.15) is 37.8 Å². The van der Waals surface area contributed by atoms with Crippen molar-refractivity contribution in [1.82, 2.24) is 20.2 Å². The Morgan fingerprint density at radius 2 is 1.92 bits per heavy atom. The molecule has 1 saturated carbocycles. The zero-order chi connectivity index (χ0) is 16.4. The Morgan fingerprint density at radius 1 is 1.08 bits per heavy atom. The molecule has 0 radical (unpaired) electrons. The first-order valence-corrected chi connectivity index (χ1v) is 8.60. The van der Waals surface area contributed by atoms with Crippen LogP contribution in [0.2, 0.25) is 0 Å². The predicted molar refractivity (Wildman–Crippen MR) is 96.6 cm³/mol. The summed E-state index contributed by atoms with van der Waals surface area (Å²) in [7, 11) is 0. The van der Waals surface area contributed by atoms with Crippen molar-refractivity contribution in [3.8, 4) is 0 Å². The van der Waals surface area contributed by atoms with E-state index in [4.69, 9.17) is 4.98 Å². The maximum atomic E-state index is 4.71. The monoisotopic (exact) mass is 322 g/mol. The first-order chi connectivity index (χ1) is 11.8. The number of anilines is 3. The third kappa shape index (κ3) is 3.18. The van der Waals surface area contributed by atoms with Crippen molar-refractivity contribution < 1.29 is 0 Å². The topological polar surface area (TPSA) is 78.5 Å². The molecule has 0 atom stereocenters. The van der Waals surface area contributed by atoms with Gasteiger partial charge in [0.05, 0.1) is 5.52 Å². The number of rotatable bonds is 4. The zero-order valence-corrected chi connectivity index (χ0v) is 13.8. The van der Waals surface area contributed by atoms with Crippen molar-refractivity contribution in [3.63, 3.8) is 0 Å². The third-order valence-electron chi connectivity index (χ3n) is 4.49. The molecule has 0 spiro atoms. The molecule has 4 rings (SSSR count). The highest BCUT2D eigenvalue weighted by atomic mass is 15.2. The van der Waals surface area contributed by atoms with Gasteiger partial charge >= 0.3 is 0 Å². The van der Waals surface area contributed by atoms with Crippen molar-refractivity contribution in [2.45, 2.75) is 45.1 Å². The van der Waals surface area contributed by atoms with E-state index in [1.54, 1.807) is 0 Å². The summed E-state index contributed by atoms with van der Waals surface area (Å²) in [5.41, 5.74) is 1.94. The molecule has 0 unspecified atom stereocenters. The van der Waals surface area contributed by atoms with E-state index in [1.165, 1.54) is 32.1 Å². The van der Waals surface area contributed by atoms with Crippen LogP contribution in [-0.2, 0) is 0 Å². The molecule has 1 aliphatic carbocycles. The van der Waals surface area contributed by atoms with Crippen LogP contribution in [0.3, 0.4) is 0 Å². The molecule has 6 nitrogen and oxygen atoms in total. The van der Waals surface area contributed by atoms with Crippen LogP contribution in [0.5, 0.6) is 0 Å². The molecule has 0 amide bonds. The highest BCUT2D eigenvalue weighted by Crippen LogP contribution is 2.26. The van der Waals surface area contributed by atoms with Gasteiger partial charge in [0.25, 0.3) is 0 Å². The van der Waals surface area contributed by atoms with E-state index < -0.39 is 0 Å². The Balaban J connectivity index is 1.67. The van der Waals surface area contributed by atoms with Crippen LogP contribution in [0, 0.1) is 6.92 Å². The molecule has 24 heavy (non-hydrogen) atoms. The Labute approximate surface area is 141 Å². The van der Waals surface area contributed by atoms with Crippen molar-refractivity contribution in [2.24, 2.45) is 0 Å². The number of fused-ring (bicyclic) bond motifs is 1. The Hall–Kier alpha value is -2.63. The van der Waals surface area contributed by atoms with Crippen molar-refractivity contribution in [2.75, 3.05) is 10.6 Å². The van der Waals surface area contributed by atoms with Crippen LogP contribution < -0.4 is 10.6 Å². The number of hydrogen-bond acceptors (Lipinski definition) is 5. The number of aryl methyl sites for hydroxylation is 1. The molecule has 124 valence electrons. The van der Waals surface area contributed by atoms with Gasteiger partial charge in [-0.2, -0.15) is 10.1 Å². The second-order valence-corrected chi connectivity index (χ2v) is 6.45. The number of benzene rings is 1. The maximum absolute atomic E-state index is 4.71. The molecule has 0 aliphatic heterocycles. The van der Waals surface area contributed by atoms with Gasteiger partial charge in [-0.3, -0.25) is 5.10 Å². The van der Waals surface area contributed by atoms with Crippen LogP contribution in [0.15, 0.2) is 30.3 Å². The third-order valence-corrected chi connectivity index (χ3v) is 4.49. The Kier molecular flexibility index (Phi) is 4.02. The van der Waals surface area contributed by atoms with Crippen molar-refractivity contribution >= 4 is 28.5 Å². The maximum Gasteiger partial charge on any atom is 0.225 e. The lowest BCUT2D eigenvalue weighted by Gasteiger charge is -2.23. The van der Waals surface area contributed by atoms with Gasteiger partial charge in [0, 0.05) is 23.2 Å². The van der Waals surface area contributed by atoms with Crippen molar-refractivity contribution in [1.29, 1.82) is 0 Å². The predicted octanol–water partition coefficient (Wildman–Crippen LogP) is 4.15. The molecular weight excluding hydrogens is 300 g/mol. The van der Waals surface area contributed by atoms with E-state index >= 15 is 0 Å². The number of nitrogens with zero attached hydrogens (tertiary/aromatic N) is 3. The standard InChI is InChI=1S/C18H22N6/c1-12-11-16(24-23-12)21-17-14-9-5-6-10-15(14)20-18(22-17)19-13-7-3-2-4-8-13/h5-6,9-11,13H,2-4,7-8H2,1H3,(H3,19,20,21,22,23,24). The largest absolute Gasteiger partial charge is 0.351 e. The zero-order valence-electron chi connectivity index (χ0n) is 13.8. The molecule has 6 heteroatoms. The molecule has 0 bridgehead atoms. The summed E-state index contributed by atoms with van der Waals surface area (Å²) in [6, 6.07) is 10.5. The van der Waals surface area contributed by atoms with Crippen LogP contribution in [-0.4, -0.2) is 26.2 Å². The van der Waals surface area contributed by atoms with Crippen molar-refractivity contribution in [3.05, 3.63) is 36.0 Å². The fourth-order valence-electron chi connectivity index (χ4n) is 3.27. The first-order valence-electron chi connectivity index (χ1n) is 8.60. The molecule has 1 aromatic carbocycles. The smallest absolute Gasteiger partial charge is 0.225 e. The highest BCUT2D eigenvalue weighted by Gasteiger charge is 2.16. The molecule has 3 aromatic rings. The minimum absolute atomic E-state index is 0.473. The number of aromatic amines is 1. The summed E-state index contributed by atoms with van der Waals surface area (Å²) in [4.78, 5) is 9.40. The second-order valence-electron chi connectivity index (χ2n) is 6.45. The van der Waals surface area contributed by atoms with Crippen LogP contribution >= 0.6 is 0 Å². The molecular formula is C18H22N6. The van der Waals surface area contributed by atoms with Crippen LogP contribution in [0.4, 0.5) is 17.6 Å². The average Bonchev–Trinajstić information content (AvgIpc) is 3.01. The van der Waals surface area contributed by atoms with E-state index in [-0.39, 0.29) is 0 Å². The minimum Gasteiger partial charge on any atom is -0.351 e. The van der Waals surface area contributed by atoms with E-state index in [1.807, 2.05) is 37.3 Å². The first kappa shape index (κ1) is 14.9. The minimum atomic E-state index is 0.473. The SMILES string of the molecule is Cc1cc(Nc2nc(NC3CCCCC3)nc3ccccc23)n[nH]1. The highest BCUT2D eigenvalue weighted by molar-refractivity contribution is 5.91. The van der Waals surface area contributed by atoms with E-state index in [0.717, 1.165) is 28.2 Å². The summed E-state index contributed by atoms with van der Waals surface area (Å²) in [6.07, 6.45) is 6.28. The summed E-state index contributed by atoms with van der Waals surface area (Å²) in [5, 5.41) is 15.0. The molecule has 2 heterocycles. The summed E-state index contributed by atoms with van der Waals surface area (Å²) in [5.74, 6) is 2.24. The second kappa shape index (κ2) is 6.47. The van der Waals surface area contributed by atoms with Gasteiger partial charge < -0.3 is 10.6 Å². The van der Waals surface area contributed by atoms with Gasteiger partial charge in [-0.15, -0.1) is 0 Å². The summed E-state index contributed by atoms with van der Waals surface area (Å²) < 4.78 is 0. The quantitative estimate of drug-likeness (QED) is 0.672. The summed E-state index contributed by atoms with van der Waals surface area (Å²) in [6.45, 7) is 1.98.